The number of para-hydroxylation sites is 2. The molecule has 0 atom stereocenters. The summed E-state index contributed by atoms with van der Waals surface area (Å²) < 4.78 is 48.3. The van der Waals surface area contributed by atoms with Crippen LogP contribution < -0.4 is 9.04 Å². The number of nitrogens with zero attached hydrogens (tertiary/aromatic N) is 5. The SMILES string of the molecule is COc1ccccc1N(Cc1nnnn1C1CC1)S(=O)(=O)c1ccc(F)cc1. The summed E-state index contributed by atoms with van der Waals surface area (Å²) in [5.41, 5.74) is 0.347. The number of sulfonamides is 1. The van der Waals surface area contributed by atoms with Crippen molar-refractivity contribution in [2.24, 2.45) is 0 Å². The van der Waals surface area contributed by atoms with Crippen LogP contribution in [0.1, 0.15) is 24.7 Å². The summed E-state index contributed by atoms with van der Waals surface area (Å²) in [5, 5.41) is 11.7. The molecule has 0 unspecified atom stereocenters. The van der Waals surface area contributed by atoms with Gasteiger partial charge in [0.2, 0.25) is 0 Å². The van der Waals surface area contributed by atoms with Crippen LogP contribution in [0.4, 0.5) is 10.1 Å². The minimum Gasteiger partial charge on any atom is -0.495 e. The van der Waals surface area contributed by atoms with Crippen LogP contribution in [-0.4, -0.2) is 35.7 Å². The van der Waals surface area contributed by atoms with Crippen LogP contribution in [-0.2, 0) is 16.6 Å². The fraction of sp³-hybridized carbons (Fsp3) is 0.278. The average molecular weight is 403 g/mol. The van der Waals surface area contributed by atoms with E-state index in [0.717, 1.165) is 25.0 Å². The molecule has 3 aromatic rings. The Morgan fingerprint density at radius 3 is 2.57 bits per heavy atom. The van der Waals surface area contributed by atoms with Crippen molar-refractivity contribution in [1.82, 2.24) is 20.2 Å². The third-order valence-corrected chi connectivity index (χ3v) is 6.27. The predicted octanol–water partition coefficient (Wildman–Crippen LogP) is 2.55. The van der Waals surface area contributed by atoms with Crippen LogP contribution in [0.15, 0.2) is 53.4 Å². The zero-order valence-electron chi connectivity index (χ0n) is 15.1. The van der Waals surface area contributed by atoms with Crippen LogP contribution in [0.5, 0.6) is 5.75 Å². The normalized spacial score (nSPS) is 14.1. The molecule has 146 valence electrons. The van der Waals surface area contributed by atoms with Crippen LogP contribution in [0.3, 0.4) is 0 Å². The van der Waals surface area contributed by atoms with E-state index in [1.807, 2.05) is 0 Å². The lowest BCUT2D eigenvalue weighted by atomic mass is 10.3. The first kappa shape index (κ1) is 18.4. The second kappa shape index (κ2) is 7.19. The van der Waals surface area contributed by atoms with Crippen molar-refractivity contribution in [1.29, 1.82) is 0 Å². The number of anilines is 1. The number of aromatic nitrogens is 4. The van der Waals surface area contributed by atoms with Crippen LogP contribution in [0, 0.1) is 5.82 Å². The molecule has 0 radical (unpaired) electrons. The molecular weight excluding hydrogens is 385 g/mol. The van der Waals surface area contributed by atoms with Gasteiger partial charge in [0, 0.05) is 0 Å². The Balaban J connectivity index is 1.81. The number of hydrogen-bond donors (Lipinski definition) is 0. The summed E-state index contributed by atoms with van der Waals surface area (Å²) in [4.78, 5) is -0.0368. The molecule has 1 aliphatic rings. The summed E-state index contributed by atoms with van der Waals surface area (Å²) in [6, 6.07) is 11.7. The number of benzene rings is 2. The molecule has 8 nitrogen and oxygen atoms in total. The first-order chi connectivity index (χ1) is 13.5. The fourth-order valence-corrected chi connectivity index (χ4v) is 4.35. The van der Waals surface area contributed by atoms with E-state index in [0.29, 0.717) is 17.3 Å². The second-order valence-electron chi connectivity index (χ2n) is 6.41. The quantitative estimate of drug-likeness (QED) is 0.602. The highest BCUT2D eigenvalue weighted by molar-refractivity contribution is 7.92. The third kappa shape index (κ3) is 3.42. The molecule has 0 spiro atoms. The lowest BCUT2D eigenvalue weighted by molar-refractivity contribution is 0.415. The zero-order chi connectivity index (χ0) is 19.7. The Hall–Kier alpha value is -3.01. The smallest absolute Gasteiger partial charge is 0.264 e. The van der Waals surface area contributed by atoms with E-state index in [4.69, 9.17) is 4.74 Å². The molecule has 1 aliphatic carbocycles. The van der Waals surface area contributed by atoms with Crippen LogP contribution in [0.2, 0.25) is 0 Å². The van der Waals surface area contributed by atoms with E-state index in [1.165, 1.54) is 23.5 Å². The summed E-state index contributed by atoms with van der Waals surface area (Å²) in [6.45, 7) is -0.0798. The Labute approximate surface area is 161 Å². The maximum atomic E-state index is 13.4. The average Bonchev–Trinajstić information content (AvgIpc) is 3.44. The van der Waals surface area contributed by atoms with Gasteiger partial charge in [-0.05, 0) is 59.7 Å². The van der Waals surface area contributed by atoms with Gasteiger partial charge in [-0.3, -0.25) is 4.31 Å². The van der Waals surface area contributed by atoms with Crippen molar-refractivity contribution in [3.8, 4) is 5.75 Å². The molecule has 28 heavy (non-hydrogen) atoms. The topological polar surface area (TPSA) is 90.2 Å². The van der Waals surface area contributed by atoms with Gasteiger partial charge in [0.1, 0.15) is 11.6 Å². The van der Waals surface area contributed by atoms with Gasteiger partial charge >= 0.3 is 0 Å². The number of ether oxygens (including phenoxy) is 1. The molecule has 1 heterocycles. The molecule has 10 heteroatoms. The van der Waals surface area contributed by atoms with Crippen molar-refractivity contribution in [3.05, 3.63) is 60.2 Å². The number of halogens is 1. The summed E-state index contributed by atoms with van der Waals surface area (Å²) in [7, 11) is -2.56. The van der Waals surface area contributed by atoms with Gasteiger partial charge in [-0.2, -0.15) is 0 Å². The molecule has 1 saturated carbocycles. The highest BCUT2D eigenvalue weighted by atomic mass is 32.2. The van der Waals surface area contributed by atoms with Crippen molar-refractivity contribution in [3.63, 3.8) is 0 Å². The van der Waals surface area contributed by atoms with Crippen molar-refractivity contribution in [2.45, 2.75) is 30.3 Å². The van der Waals surface area contributed by atoms with E-state index in [9.17, 15) is 12.8 Å². The van der Waals surface area contributed by atoms with E-state index in [2.05, 4.69) is 15.5 Å². The lowest BCUT2D eigenvalue weighted by Gasteiger charge is -2.25. The van der Waals surface area contributed by atoms with Gasteiger partial charge in [-0.25, -0.2) is 17.5 Å². The van der Waals surface area contributed by atoms with Crippen molar-refractivity contribution >= 4 is 15.7 Å². The summed E-state index contributed by atoms with van der Waals surface area (Å²) >= 11 is 0. The summed E-state index contributed by atoms with van der Waals surface area (Å²) in [6.07, 6.45) is 1.91. The minimum absolute atomic E-state index is 0.0368. The zero-order valence-corrected chi connectivity index (χ0v) is 15.9. The molecule has 0 aliphatic heterocycles. The molecule has 2 aromatic carbocycles. The minimum atomic E-state index is -4.02. The van der Waals surface area contributed by atoms with Gasteiger partial charge in [-0.15, -0.1) is 5.10 Å². The Morgan fingerprint density at radius 1 is 1.18 bits per heavy atom. The predicted molar refractivity (Wildman–Crippen MR) is 98.9 cm³/mol. The van der Waals surface area contributed by atoms with Gasteiger partial charge in [-0.1, -0.05) is 12.1 Å². The highest BCUT2D eigenvalue weighted by Gasteiger charge is 2.32. The van der Waals surface area contributed by atoms with Crippen molar-refractivity contribution in [2.75, 3.05) is 11.4 Å². The molecule has 0 bridgehead atoms. The molecule has 0 amide bonds. The third-order valence-electron chi connectivity index (χ3n) is 4.49. The van der Waals surface area contributed by atoms with E-state index >= 15 is 0 Å². The maximum absolute atomic E-state index is 13.4. The Morgan fingerprint density at radius 2 is 1.89 bits per heavy atom. The van der Waals surface area contributed by atoms with Gasteiger partial charge in [0.25, 0.3) is 10.0 Å². The second-order valence-corrected chi connectivity index (χ2v) is 8.27. The number of methoxy groups -OCH3 is 1. The molecular formula is C18H18FN5O3S. The first-order valence-electron chi connectivity index (χ1n) is 8.69. The maximum Gasteiger partial charge on any atom is 0.264 e. The Kier molecular flexibility index (Phi) is 4.71. The molecule has 0 saturated heterocycles. The number of rotatable bonds is 7. The number of hydrogen-bond acceptors (Lipinski definition) is 6. The van der Waals surface area contributed by atoms with E-state index < -0.39 is 15.8 Å². The van der Waals surface area contributed by atoms with Crippen LogP contribution >= 0.6 is 0 Å². The monoisotopic (exact) mass is 403 g/mol. The Bertz CT molecular complexity index is 1080. The van der Waals surface area contributed by atoms with Gasteiger partial charge in [0.05, 0.1) is 30.3 Å². The molecule has 1 fully saturated rings. The molecule has 0 N–H and O–H groups in total. The van der Waals surface area contributed by atoms with Gasteiger partial charge in [0.15, 0.2) is 5.82 Å². The molecule has 1 aromatic heterocycles. The molecule has 4 rings (SSSR count). The van der Waals surface area contributed by atoms with E-state index in [-0.39, 0.29) is 17.5 Å². The fourth-order valence-electron chi connectivity index (χ4n) is 2.92. The highest BCUT2D eigenvalue weighted by Crippen LogP contribution is 2.37. The van der Waals surface area contributed by atoms with Gasteiger partial charge < -0.3 is 4.74 Å². The lowest BCUT2D eigenvalue weighted by Crippen LogP contribution is -2.32. The standard InChI is InChI=1S/C18H18FN5O3S/c1-27-17-5-3-2-4-16(17)23(12-18-20-21-22-24(18)14-8-9-14)28(25,26)15-10-6-13(19)7-11-15/h2-7,10-11,14H,8-9,12H2,1H3. The first-order valence-corrected chi connectivity index (χ1v) is 10.1. The van der Waals surface area contributed by atoms with Crippen LogP contribution in [0.25, 0.3) is 0 Å². The van der Waals surface area contributed by atoms with E-state index in [1.54, 1.807) is 28.9 Å². The van der Waals surface area contributed by atoms with Crippen molar-refractivity contribution < 1.29 is 17.5 Å². The number of tetrazole rings is 1. The summed E-state index contributed by atoms with van der Waals surface area (Å²) in [5.74, 6) is 0.304. The largest absolute Gasteiger partial charge is 0.495 e.